The molecule has 4 nitrogen and oxygen atoms in total. The molecule has 0 aliphatic carbocycles. The molecule has 2 heterocycles. The summed E-state index contributed by atoms with van der Waals surface area (Å²) in [5.74, 6) is 0.889. The van der Waals surface area contributed by atoms with E-state index < -0.39 is 0 Å². The molecule has 0 unspecified atom stereocenters. The summed E-state index contributed by atoms with van der Waals surface area (Å²) in [6.07, 6.45) is 4.65. The van der Waals surface area contributed by atoms with Gasteiger partial charge in [-0.15, -0.1) is 11.3 Å². The average molecular weight is 321 g/mol. The minimum absolute atomic E-state index is 0.139. The molecule has 0 aliphatic heterocycles. The lowest BCUT2D eigenvalue weighted by Crippen LogP contribution is -2.28. The number of nitrogens with zero attached hydrogens (tertiary/aromatic N) is 3. The topological polar surface area (TPSA) is 38.1 Å². The number of rotatable bonds is 7. The number of hydrogen-bond acceptors (Lipinski definition) is 4. The van der Waals surface area contributed by atoms with Crippen molar-refractivity contribution in [3.63, 3.8) is 0 Å². The molecule has 0 aliphatic rings. The van der Waals surface area contributed by atoms with Crippen LogP contribution < -0.4 is 5.56 Å². The fourth-order valence-corrected chi connectivity index (χ4v) is 3.74. The van der Waals surface area contributed by atoms with Crippen molar-refractivity contribution in [2.75, 3.05) is 14.1 Å². The second kappa shape index (κ2) is 7.38. The van der Waals surface area contributed by atoms with Crippen molar-refractivity contribution < 1.29 is 0 Å². The minimum Gasteiger partial charge on any atom is -0.302 e. The molecule has 0 atom stereocenters. The van der Waals surface area contributed by atoms with Crippen molar-refractivity contribution in [2.45, 2.75) is 59.5 Å². The van der Waals surface area contributed by atoms with Crippen molar-refractivity contribution in [3.8, 4) is 0 Å². The van der Waals surface area contributed by atoms with Crippen LogP contribution in [0.15, 0.2) is 4.79 Å². The largest absolute Gasteiger partial charge is 0.302 e. The second-order valence-corrected chi connectivity index (χ2v) is 7.45. The smallest absolute Gasteiger partial charge is 0.262 e. The van der Waals surface area contributed by atoms with E-state index in [2.05, 4.69) is 18.7 Å². The van der Waals surface area contributed by atoms with Gasteiger partial charge in [0.25, 0.3) is 5.56 Å². The first-order chi connectivity index (χ1) is 10.5. The Morgan fingerprint density at radius 1 is 1.18 bits per heavy atom. The molecule has 0 amide bonds. The summed E-state index contributed by atoms with van der Waals surface area (Å²) in [6, 6.07) is 0. The Kier molecular flexibility index (Phi) is 5.75. The Balaban J connectivity index is 2.46. The molecule has 0 radical (unpaired) electrons. The summed E-state index contributed by atoms with van der Waals surface area (Å²) >= 11 is 1.63. The zero-order chi connectivity index (χ0) is 16.3. The fourth-order valence-electron chi connectivity index (χ4n) is 2.70. The van der Waals surface area contributed by atoms with Crippen molar-refractivity contribution >= 4 is 21.6 Å². The summed E-state index contributed by atoms with van der Waals surface area (Å²) in [5.41, 5.74) is 1.23. The van der Waals surface area contributed by atoms with Gasteiger partial charge < -0.3 is 4.90 Å². The molecule has 0 saturated carbocycles. The normalized spacial score (nSPS) is 11.7. The molecule has 2 aromatic heterocycles. The van der Waals surface area contributed by atoms with Crippen molar-refractivity contribution in [1.29, 1.82) is 0 Å². The quantitative estimate of drug-likeness (QED) is 0.730. The Hall–Kier alpha value is -1.20. The molecule has 2 rings (SSSR count). The molecule has 0 N–H and O–H groups in total. The van der Waals surface area contributed by atoms with Gasteiger partial charge in [-0.3, -0.25) is 9.36 Å². The predicted octanol–water partition coefficient (Wildman–Crippen LogP) is 3.72. The Bertz CT molecular complexity index is 700. The highest BCUT2D eigenvalue weighted by atomic mass is 32.1. The molecular formula is C17H27N3OS. The highest BCUT2D eigenvalue weighted by molar-refractivity contribution is 7.18. The van der Waals surface area contributed by atoms with Crippen LogP contribution in [0.5, 0.6) is 0 Å². The highest BCUT2D eigenvalue weighted by Crippen LogP contribution is 2.26. The zero-order valence-electron chi connectivity index (χ0n) is 14.4. The maximum atomic E-state index is 12.9. The standard InChI is InChI=1S/C17H27N3OS/c1-6-7-8-9-10-20-14(11-19(4)5)18-16-15(17(20)21)12(2)13(3)22-16/h6-11H2,1-5H3. The van der Waals surface area contributed by atoms with Crippen LogP contribution in [0.1, 0.15) is 48.9 Å². The van der Waals surface area contributed by atoms with E-state index in [4.69, 9.17) is 4.98 Å². The third kappa shape index (κ3) is 3.58. The summed E-state index contributed by atoms with van der Waals surface area (Å²) in [5, 5.41) is 0.820. The minimum atomic E-state index is 0.139. The first-order valence-electron chi connectivity index (χ1n) is 8.09. The van der Waals surface area contributed by atoms with Crippen molar-refractivity contribution in [3.05, 3.63) is 26.6 Å². The van der Waals surface area contributed by atoms with Crippen LogP contribution in [0.3, 0.4) is 0 Å². The average Bonchev–Trinajstić information content (AvgIpc) is 2.72. The molecule has 0 bridgehead atoms. The lowest BCUT2D eigenvalue weighted by atomic mass is 10.2. The Labute approximate surface area is 136 Å². The van der Waals surface area contributed by atoms with Gasteiger partial charge in [-0.1, -0.05) is 26.2 Å². The number of unbranched alkanes of at least 4 members (excludes halogenated alkanes) is 3. The van der Waals surface area contributed by atoms with E-state index in [1.54, 1.807) is 11.3 Å². The van der Waals surface area contributed by atoms with Gasteiger partial charge in [0, 0.05) is 11.4 Å². The summed E-state index contributed by atoms with van der Waals surface area (Å²) < 4.78 is 1.90. The Morgan fingerprint density at radius 3 is 2.55 bits per heavy atom. The van der Waals surface area contributed by atoms with Crippen LogP contribution in [0, 0.1) is 13.8 Å². The first kappa shape index (κ1) is 17.2. The first-order valence-corrected chi connectivity index (χ1v) is 8.91. The molecule has 5 heteroatoms. The van der Waals surface area contributed by atoms with Gasteiger partial charge in [0.15, 0.2) is 0 Å². The van der Waals surface area contributed by atoms with Gasteiger partial charge >= 0.3 is 0 Å². The van der Waals surface area contributed by atoms with Gasteiger partial charge in [-0.2, -0.15) is 0 Å². The SMILES string of the molecule is CCCCCCn1c(CN(C)C)nc2sc(C)c(C)c2c1=O. The van der Waals surface area contributed by atoms with Crippen molar-refractivity contribution in [2.24, 2.45) is 0 Å². The molecule has 0 spiro atoms. The third-order valence-electron chi connectivity index (χ3n) is 4.06. The third-order valence-corrected chi connectivity index (χ3v) is 5.16. The van der Waals surface area contributed by atoms with E-state index in [1.165, 1.54) is 24.1 Å². The van der Waals surface area contributed by atoms with Gasteiger partial charge in [-0.25, -0.2) is 4.98 Å². The van der Waals surface area contributed by atoms with Crippen LogP contribution in [0.4, 0.5) is 0 Å². The fraction of sp³-hybridized carbons (Fsp3) is 0.647. The second-order valence-electron chi connectivity index (χ2n) is 6.25. The van der Waals surface area contributed by atoms with E-state index in [0.29, 0.717) is 6.54 Å². The molecule has 122 valence electrons. The monoisotopic (exact) mass is 321 g/mol. The molecular weight excluding hydrogens is 294 g/mol. The van der Waals surface area contributed by atoms with Crippen LogP contribution >= 0.6 is 11.3 Å². The number of hydrogen-bond donors (Lipinski definition) is 0. The molecule has 2 aromatic rings. The summed E-state index contributed by atoms with van der Waals surface area (Å²) in [6.45, 7) is 7.78. The van der Waals surface area contributed by atoms with E-state index in [1.807, 2.05) is 25.6 Å². The van der Waals surface area contributed by atoms with E-state index in [0.717, 1.165) is 34.6 Å². The summed E-state index contributed by atoms with van der Waals surface area (Å²) in [7, 11) is 4.03. The van der Waals surface area contributed by atoms with Crippen LogP contribution in [-0.2, 0) is 13.1 Å². The van der Waals surface area contributed by atoms with Crippen molar-refractivity contribution in [1.82, 2.24) is 14.5 Å². The van der Waals surface area contributed by atoms with E-state index >= 15 is 0 Å². The van der Waals surface area contributed by atoms with E-state index in [-0.39, 0.29) is 5.56 Å². The van der Waals surface area contributed by atoms with Crippen LogP contribution in [-0.4, -0.2) is 28.5 Å². The van der Waals surface area contributed by atoms with Gasteiger partial charge in [0.2, 0.25) is 0 Å². The maximum absolute atomic E-state index is 12.9. The summed E-state index contributed by atoms with van der Waals surface area (Å²) in [4.78, 5) is 21.9. The maximum Gasteiger partial charge on any atom is 0.262 e. The molecule has 0 aromatic carbocycles. The highest BCUT2D eigenvalue weighted by Gasteiger charge is 2.16. The lowest BCUT2D eigenvalue weighted by Gasteiger charge is -2.15. The van der Waals surface area contributed by atoms with Gasteiger partial charge in [0.05, 0.1) is 11.9 Å². The number of thiophene rings is 1. The molecule has 0 saturated heterocycles. The van der Waals surface area contributed by atoms with Crippen LogP contribution in [0.25, 0.3) is 10.2 Å². The molecule has 0 fully saturated rings. The van der Waals surface area contributed by atoms with E-state index in [9.17, 15) is 4.79 Å². The zero-order valence-corrected chi connectivity index (χ0v) is 15.2. The van der Waals surface area contributed by atoms with Gasteiger partial charge in [0.1, 0.15) is 10.7 Å². The Morgan fingerprint density at radius 2 is 1.91 bits per heavy atom. The number of fused-ring (bicyclic) bond motifs is 1. The van der Waals surface area contributed by atoms with Crippen LogP contribution in [0.2, 0.25) is 0 Å². The molecule has 22 heavy (non-hydrogen) atoms. The lowest BCUT2D eigenvalue weighted by molar-refractivity contribution is 0.374. The van der Waals surface area contributed by atoms with Gasteiger partial charge in [-0.05, 0) is 39.9 Å². The number of aryl methyl sites for hydroxylation is 2. The predicted molar refractivity (Wildman–Crippen MR) is 94.9 cm³/mol. The number of aromatic nitrogens is 2.